The van der Waals surface area contributed by atoms with E-state index in [1.807, 2.05) is 37.3 Å². The second-order valence-corrected chi connectivity index (χ2v) is 7.49. The van der Waals surface area contributed by atoms with Crippen molar-refractivity contribution in [3.63, 3.8) is 0 Å². The van der Waals surface area contributed by atoms with Crippen molar-refractivity contribution in [1.29, 1.82) is 0 Å². The number of hydrogen-bond acceptors (Lipinski definition) is 6. The molecule has 0 saturated heterocycles. The van der Waals surface area contributed by atoms with Gasteiger partial charge in [-0.1, -0.05) is 43.7 Å². The molecular weight excluding hydrogens is 347 g/mol. The lowest BCUT2D eigenvalue weighted by Gasteiger charge is -2.19. The Balaban J connectivity index is 2.52. The monoisotopic (exact) mass is 372 g/mol. The van der Waals surface area contributed by atoms with Crippen LogP contribution < -0.4 is 10.6 Å². The average Bonchev–Trinajstić information content (AvgIpc) is 2.64. The third-order valence-corrected chi connectivity index (χ3v) is 5.06. The number of amides is 2. The molecule has 2 N–H and O–H groups in total. The van der Waals surface area contributed by atoms with Gasteiger partial charge in [0.1, 0.15) is 18.9 Å². The van der Waals surface area contributed by atoms with Gasteiger partial charge in [-0.15, -0.1) is 0 Å². The molecule has 2 amide bonds. The van der Waals surface area contributed by atoms with Crippen molar-refractivity contribution >= 4 is 19.6 Å². The molecule has 0 radical (unpaired) electrons. The van der Waals surface area contributed by atoms with Crippen molar-refractivity contribution in [2.45, 2.75) is 32.4 Å². The van der Waals surface area contributed by atoms with Crippen molar-refractivity contribution < 1.29 is 27.9 Å². The number of nitrogens with one attached hydrogen (secondary N) is 2. The van der Waals surface area contributed by atoms with Gasteiger partial charge in [0.25, 0.3) is 0 Å². The summed E-state index contributed by atoms with van der Waals surface area (Å²) in [7, 11) is -0.886. The molecule has 25 heavy (non-hydrogen) atoms. The molecule has 0 unspecified atom stereocenters. The van der Waals surface area contributed by atoms with Gasteiger partial charge in [0.05, 0.1) is 0 Å². The minimum absolute atomic E-state index is 0.107. The van der Waals surface area contributed by atoms with E-state index in [4.69, 9.17) is 13.8 Å². The molecule has 0 aromatic heterocycles. The summed E-state index contributed by atoms with van der Waals surface area (Å²) in [6.07, 6.45) is 0.110. The van der Waals surface area contributed by atoms with E-state index >= 15 is 0 Å². The number of alkyl carbamates (subject to hydrolysis) is 1. The standard InChI is InChI=1S/C16H25N2O6P/c1-4-8-14(15(19)17-12-25(21,22-2)23-3)18-16(20)24-11-13-9-6-5-7-10-13/h5-7,9-10,14H,4,8,11-12H2,1-3H3,(H,17,19)(H,18,20)/t14-/m0/s1. The van der Waals surface area contributed by atoms with Crippen LogP contribution >= 0.6 is 7.60 Å². The Morgan fingerprint density at radius 3 is 2.36 bits per heavy atom. The van der Waals surface area contributed by atoms with Crippen LogP contribution in [0.2, 0.25) is 0 Å². The first-order valence-electron chi connectivity index (χ1n) is 7.89. The molecule has 9 heteroatoms. The lowest BCUT2D eigenvalue weighted by atomic mass is 10.1. The predicted octanol–water partition coefficient (Wildman–Crippen LogP) is 2.64. The molecule has 8 nitrogen and oxygen atoms in total. The normalized spacial score (nSPS) is 12.3. The van der Waals surface area contributed by atoms with E-state index in [1.165, 1.54) is 14.2 Å². The summed E-state index contributed by atoms with van der Waals surface area (Å²) in [5.74, 6) is -0.479. The number of carbonyl (C=O) groups excluding carboxylic acids is 2. The molecule has 0 fully saturated rings. The lowest BCUT2D eigenvalue weighted by Crippen LogP contribution is -2.47. The highest BCUT2D eigenvalue weighted by molar-refractivity contribution is 7.53. The fourth-order valence-corrected chi connectivity index (χ4v) is 2.72. The Bertz CT molecular complexity index is 588. The summed E-state index contributed by atoms with van der Waals surface area (Å²) >= 11 is 0. The Hall–Kier alpha value is -1.89. The minimum Gasteiger partial charge on any atom is -0.445 e. The van der Waals surface area contributed by atoms with E-state index in [2.05, 4.69) is 10.6 Å². The molecular formula is C16H25N2O6P. The summed E-state index contributed by atoms with van der Waals surface area (Å²) in [5.41, 5.74) is 0.843. The van der Waals surface area contributed by atoms with Crippen molar-refractivity contribution in [2.24, 2.45) is 0 Å². The Morgan fingerprint density at radius 1 is 1.16 bits per heavy atom. The van der Waals surface area contributed by atoms with Crippen LogP contribution in [0.25, 0.3) is 0 Å². The molecule has 1 rings (SSSR count). The highest BCUT2D eigenvalue weighted by Crippen LogP contribution is 2.44. The molecule has 0 bridgehead atoms. The van der Waals surface area contributed by atoms with Crippen LogP contribution in [-0.4, -0.2) is 38.5 Å². The van der Waals surface area contributed by atoms with E-state index in [-0.39, 0.29) is 12.9 Å². The van der Waals surface area contributed by atoms with E-state index < -0.39 is 25.6 Å². The molecule has 1 atom stereocenters. The Labute approximate surface area is 147 Å². The quantitative estimate of drug-likeness (QED) is 0.612. The predicted molar refractivity (Wildman–Crippen MR) is 93.1 cm³/mol. The maximum Gasteiger partial charge on any atom is 0.408 e. The van der Waals surface area contributed by atoms with E-state index in [9.17, 15) is 14.2 Å². The SMILES string of the molecule is CCC[C@H](NC(=O)OCc1ccccc1)C(=O)NCP(=O)(OC)OC. The van der Waals surface area contributed by atoms with E-state index in [0.717, 1.165) is 5.56 Å². The Kier molecular flexibility index (Phi) is 9.20. The van der Waals surface area contributed by atoms with Crippen molar-refractivity contribution in [1.82, 2.24) is 10.6 Å². The lowest BCUT2D eigenvalue weighted by molar-refractivity contribution is -0.123. The Morgan fingerprint density at radius 2 is 1.80 bits per heavy atom. The van der Waals surface area contributed by atoms with E-state index in [1.54, 1.807) is 0 Å². The van der Waals surface area contributed by atoms with Gasteiger partial charge in [-0.3, -0.25) is 9.36 Å². The third kappa shape index (κ3) is 7.69. The first-order chi connectivity index (χ1) is 11.9. The molecule has 0 aliphatic heterocycles. The second kappa shape index (κ2) is 10.9. The van der Waals surface area contributed by atoms with Crippen LogP contribution in [0.4, 0.5) is 4.79 Å². The number of benzene rings is 1. The minimum atomic E-state index is -3.36. The van der Waals surface area contributed by atoms with Gasteiger partial charge in [-0.25, -0.2) is 4.79 Å². The fraction of sp³-hybridized carbons (Fsp3) is 0.500. The van der Waals surface area contributed by atoms with Gasteiger partial charge >= 0.3 is 13.7 Å². The van der Waals surface area contributed by atoms with Gasteiger partial charge in [0.15, 0.2) is 0 Å². The summed E-state index contributed by atoms with van der Waals surface area (Å²) in [5, 5.41) is 4.98. The molecule has 0 aliphatic carbocycles. The van der Waals surface area contributed by atoms with Crippen molar-refractivity contribution in [2.75, 3.05) is 20.5 Å². The molecule has 140 valence electrons. The number of rotatable bonds is 10. The fourth-order valence-electron chi connectivity index (χ4n) is 1.97. The zero-order valence-corrected chi connectivity index (χ0v) is 15.6. The molecule has 0 heterocycles. The van der Waals surface area contributed by atoms with Crippen LogP contribution in [0.3, 0.4) is 0 Å². The van der Waals surface area contributed by atoms with Gasteiger partial charge in [0.2, 0.25) is 5.91 Å². The zero-order chi connectivity index (χ0) is 18.7. The van der Waals surface area contributed by atoms with Gasteiger partial charge in [0, 0.05) is 14.2 Å². The average molecular weight is 372 g/mol. The first-order valence-corrected chi connectivity index (χ1v) is 9.62. The first kappa shape index (κ1) is 21.2. The summed E-state index contributed by atoms with van der Waals surface area (Å²) in [4.78, 5) is 24.1. The summed E-state index contributed by atoms with van der Waals surface area (Å²) in [6.45, 7) is 1.99. The number of ether oxygens (including phenoxy) is 1. The highest BCUT2D eigenvalue weighted by Gasteiger charge is 2.26. The van der Waals surface area contributed by atoms with Gasteiger partial charge in [-0.2, -0.15) is 0 Å². The van der Waals surface area contributed by atoms with Crippen LogP contribution in [0.1, 0.15) is 25.3 Å². The molecule has 1 aromatic carbocycles. The summed E-state index contributed by atoms with van der Waals surface area (Å²) < 4.78 is 26.6. The molecule has 0 saturated carbocycles. The largest absolute Gasteiger partial charge is 0.445 e. The van der Waals surface area contributed by atoms with Crippen molar-refractivity contribution in [3.05, 3.63) is 35.9 Å². The van der Waals surface area contributed by atoms with Crippen LogP contribution in [-0.2, 0) is 29.8 Å². The van der Waals surface area contributed by atoms with E-state index in [0.29, 0.717) is 12.8 Å². The molecule has 1 aromatic rings. The van der Waals surface area contributed by atoms with Crippen molar-refractivity contribution in [3.8, 4) is 0 Å². The maximum absolute atomic E-state index is 12.2. The summed E-state index contributed by atoms with van der Waals surface area (Å²) in [6, 6.07) is 8.41. The highest BCUT2D eigenvalue weighted by atomic mass is 31.2. The third-order valence-electron chi connectivity index (χ3n) is 3.40. The number of carbonyl (C=O) groups is 2. The van der Waals surface area contributed by atoms with Gasteiger partial charge < -0.3 is 24.4 Å². The zero-order valence-electron chi connectivity index (χ0n) is 14.7. The smallest absolute Gasteiger partial charge is 0.408 e. The topological polar surface area (TPSA) is 103 Å². The second-order valence-electron chi connectivity index (χ2n) is 5.22. The van der Waals surface area contributed by atoms with Crippen LogP contribution in [0, 0.1) is 0 Å². The maximum atomic E-state index is 12.2. The van der Waals surface area contributed by atoms with Gasteiger partial charge in [-0.05, 0) is 12.0 Å². The van der Waals surface area contributed by atoms with Crippen LogP contribution in [0.5, 0.6) is 0 Å². The number of hydrogen-bond donors (Lipinski definition) is 2. The molecule has 0 spiro atoms. The molecule has 0 aliphatic rings. The van der Waals surface area contributed by atoms with Crippen LogP contribution in [0.15, 0.2) is 30.3 Å².